The molecule has 2 atom stereocenters. The molecular weight excluding hydrogens is 236 g/mol. The van der Waals surface area contributed by atoms with E-state index in [9.17, 15) is 5.11 Å². The van der Waals surface area contributed by atoms with Crippen molar-refractivity contribution in [2.45, 2.75) is 51.9 Å². The normalized spacial score (nSPS) is 27.4. The molecule has 0 aliphatic heterocycles. The highest BCUT2D eigenvalue weighted by Gasteiger charge is 2.35. The largest absolute Gasteiger partial charge is 0.387 e. The molecular formula is C17H24O2. The van der Waals surface area contributed by atoms with Gasteiger partial charge in [0, 0.05) is 0 Å². The van der Waals surface area contributed by atoms with Gasteiger partial charge >= 0.3 is 0 Å². The Morgan fingerprint density at radius 2 is 2.00 bits per heavy atom. The first-order chi connectivity index (χ1) is 8.99. The first-order valence-corrected chi connectivity index (χ1v) is 7.07. The lowest BCUT2D eigenvalue weighted by molar-refractivity contribution is -0.0905. The van der Waals surface area contributed by atoms with Crippen LogP contribution in [0.4, 0.5) is 0 Å². The number of aliphatic hydroxyl groups is 1. The van der Waals surface area contributed by atoms with Gasteiger partial charge in [0.1, 0.15) is 6.10 Å². The van der Waals surface area contributed by atoms with Crippen LogP contribution < -0.4 is 0 Å². The minimum Gasteiger partial charge on any atom is -0.387 e. The van der Waals surface area contributed by atoms with Gasteiger partial charge in [0.05, 0.1) is 12.2 Å². The molecule has 0 saturated carbocycles. The van der Waals surface area contributed by atoms with Crippen molar-refractivity contribution in [3.8, 4) is 0 Å². The van der Waals surface area contributed by atoms with Gasteiger partial charge < -0.3 is 9.84 Å². The number of hydrogen-bond donors (Lipinski definition) is 1. The summed E-state index contributed by atoms with van der Waals surface area (Å²) in [5.41, 5.74) is 1.78. The number of hydrogen-bond acceptors (Lipinski definition) is 2. The van der Waals surface area contributed by atoms with E-state index in [1.807, 2.05) is 37.3 Å². The molecule has 0 bridgehead atoms. The minimum atomic E-state index is -0.757. The molecule has 0 heterocycles. The smallest absolute Gasteiger partial charge is 0.105 e. The van der Waals surface area contributed by atoms with Gasteiger partial charge in [0.25, 0.3) is 0 Å². The third-order valence-electron chi connectivity index (χ3n) is 3.91. The molecule has 1 aliphatic rings. The van der Waals surface area contributed by atoms with Gasteiger partial charge in [-0.25, -0.2) is 0 Å². The summed E-state index contributed by atoms with van der Waals surface area (Å²) in [5, 5.41) is 10.4. The van der Waals surface area contributed by atoms with Crippen molar-refractivity contribution >= 4 is 0 Å². The average Bonchev–Trinajstić information content (AvgIpc) is 2.38. The summed E-state index contributed by atoms with van der Waals surface area (Å²) in [6.07, 6.45) is 3.66. The molecule has 0 radical (unpaired) electrons. The van der Waals surface area contributed by atoms with E-state index >= 15 is 0 Å². The Morgan fingerprint density at radius 3 is 2.63 bits per heavy atom. The Kier molecular flexibility index (Phi) is 4.43. The molecule has 0 aromatic heterocycles. The fourth-order valence-corrected chi connectivity index (χ4v) is 2.47. The maximum Gasteiger partial charge on any atom is 0.105 e. The van der Waals surface area contributed by atoms with Gasteiger partial charge in [-0.1, -0.05) is 55.8 Å². The molecule has 0 fully saturated rings. The SMILES string of the molecule is CC(C)C1=C[C@@H](OCc2ccccc2)[C@@](C)(O)CC1. The van der Waals surface area contributed by atoms with E-state index in [1.54, 1.807) is 0 Å². The molecule has 19 heavy (non-hydrogen) atoms. The van der Waals surface area contributed by atoms with Crippen molar-refractivity contribution in [1.29, 1.82) is 0 Å². The van der Waals surface area contributed by atoms with Crippen LogP contribution in [-0.4, -0.2) is 16.8 Å². The molecule has 0 amide bonds. The van der Waals surface area contributed by atoms with Crippen LogP contribution in [0.1, 0.15) is 39.2 Å². The average molecular weight is 260 g/mol. The third kappa shape index (κ3) is 3.68. The van der Waals surface area contributed by atoms with E-state index in [-0.39, 0.29) is 6.10 Å². The Hall–Kier alpha value is -1.12. The summed E-state index contributed by atoms with van der Waals surface area (Å²) in [5.74, 6) is 0.527. The molecule has 104 valence electrons. The zero-order chi connectivity index (χ0) is 13.9. The Balaban J connectivity index is 2.05. The molecule has 0 spiro atoms. The van der Waals surface area contributed by atoms with Crippen LogP contribution in [0.15, 0.2) is 42.0 Å². The Morgan fingerprint density at radius 1 is 1.32 bits per heavy atom. The zero-order valence-electron chi connectivity index (χ0n) is 12.1. The van der Waals surface area contributed by atoms with E-state index in [0.29, 0.717) is 12.5 Å². The Bertz CT molecular complexity index is 432. The fourth-order valence-electron chi connectivity index (χ4n) is 2.47. The first kappa shape index (κ1) is 14.3. The van der Waals surface area contributed by atoms with Crippen molar-refractivity contribution < 1.29 is 9.84 Å². The number of allylic oxidation sites excluding steroid dienone is 1. The lowest BCUT2D eigenvalue weighted by atomic mass is 9.81. The summed E-state index contributed by atoms with van der Waals surface area (Å²) in [6, 6.07) is 10.1. The summed E-state index contributed by atoms with van der Waals surface area (Å²) in [6.45, 7) is 6.81. The van der Waals surface area contributed by atoms with E-state index in [1.165, 1.54) is 5.57 Å². The van der Waals surface area contributed by atoms with E-state index in [4.69, 9.17) is 4.74 Å². The zero-order valence-corrected chi connectivity index (χ0v) is 12.1. The van der Waals surface area contributed by atoms with Gasteiger partial charge in [0.15, 0.2) is 0 Å². The van der Waals surface area contributed by atoms with Gasteiger partial charge in [-0.15, -0.1) is 0 Å². The van der Waals surface area contributed by atoms with Crippen LogP contribution in [0.25, 0.3) is 0 Å². The summed E-state index contributed by atoms with van der Waals surface area (Å²) < 4.78 is 5.94. The topological polar surface area (TPSA) is 29.5 Å². The molecule has 1 aromatic rings. The van der Waals surface area contributed by atoms with Crippen LogP contribution >= 0.6 is 0 Å². The standard InChI is InChI=1S/C17H24O2/c1-13(2)15-9-10-17(3,18)16(11-15)19-12-14-7-5-4-6-8-14/h4-8,11,13,16,18H,9-10,12H2,1-3H3/t16-,17+/m1/s1. The van der Waals surface area contributed by atoms with Crippen molar-refractivity contribution in [3.63, 3.8) is 0 Å². The molecule has 2 rings (SSSR count). The highest BCUT2D eigenvalue weighted by molar-refractivity contribution is 5.18. The van der Waals surface area contributed by atoms with Crippen LogP contribution in [0.3, 0.4) is 0 Å². The highest BCUT2D eigenvalue weighted by Crippen LogP contribution is 2.33. The number of rotatable bonds is 4. The van der Waals surface area contributed by atoms with Gasteiger partial charge in [-0.05, 0) is 31.2 Å². The predicted octanol–water partition coefficient (Wildman–Crippen LogP) is 3.70. The second kappa shape index (κ2) is 5.89. The quantitative estimate of drug-likeness (QED) is 0.836. The summed E-state index contributed by atoms with van der Waals surface area (Å²) in [7, 11) is 0. The van der Waals surface area contributed by atoms with E-state index < -0.39 is 5.60 Å². The summed E-state index contributed by atoms with van der Waals surface area (Å²) >= 11 is 0. The van der Waals surface area contributed by atoms with Crippen molar-refractivity contribution in [2.24, 2.45) is 5.92 Å². The van der Waals surface area contributed by atoms with E-state index in [2.05, 4.69) is 19.9 Å². The van der Waals surface area contributed by atoms with Gasteiger partial charge in [-0.2, -0.15) is 0 Å². The van der Waals surface area contributed by atoms with Crippen LogP contribution in [-0.2, 0) is 11.3 Å². The maximum atomic E-state index is 10.4. The van der Waals surface area contributed by atoms with Crippen molar-refractivity contribution in [3.05, 3.63) is 47.5 Å². The monoisotopic (exact) mass is 260 g/mol. The summed E-state index contributed by atoms with van der Waals surface area (Å²) in [4.78, 5) is 0. The lowest BCUT2D eigenvalue weighted by Gasteiger charge is -2.36. The minimum absolute atomic E-state index is 0.209. The lowest BCUT2D eigenvalue weighted by Crippen LogP contribution is -2.42. The molecule has 0 saturated heterocycles. The van der Waals surface area contributed by atoms with E-state index in [0.717, 1.165) is 18.4 Å². The van der Waals surface area contributed by atoms with Crippen molar-refractivity contribution in [1.82, 2.24) is 0 Å². The van der Waals surface area contributed by atoms with Crippen LogP contribution in [0.5, 0.6) is 0 Å². The van der Waals surface area contributed by atoms with Gasteiger partial charge in [0.2, 0.25) is 0 Å². The predicted molar refractivity (Wildman–Crippen MR) is 77.8 cm³/mol. The third-order valence-corrected chi connectivity index (χ3v) is 3.91. The first-order valence-electron chi connectivity index (χ1n) is 7.07. The fraction of sp³-hybridized carbons (Fsp3) is 0.529. The Labute approximate surface area is 116 Å². The highest BCUT2D eigenvalue weighted by atomic mass is 16.5. The molecule has 0 unspecified atom stereocenters. The molecule has 1 N–H and O–H groups in total. The number of ether oxygens (including phenoxy) is 1. The maximum absolute atomic E-state index is 10.4. The molecule has 1 aliphatic carbocycles. The van der Waals surface area contributed by atoms with Gasteiger partial charge in [-0.3, -0.25) is 0 Å². The molecule has 2 nitrogen and oxygen atoms in total. The van der Waals surface area contributed by atoms with Crippen LogP contribution in [0, 0.1) is 5.92 Å². The second-order valence-corrected chi connectivity index (χ2v) is 5.97. The molecule has 1 aromatic carbocycles. The number of benzene rings is 1. The van der Waals surface area contributed by atoms with Crippen molar-refractivity contribution in [2.75, 3.05) is 0 Å². The molecule has 2 heteroatoms. The second-order valence-electron chi connectivity index (χ2n) is 5.97. The van der Waals surface area contributed by atoms with Crippen LogP contribution in [0.2, 0.25) is 0 Å².